The molecule has 5 rings (SSSR count). The second kappa shape index (κ2) is 10.2. The van der Waals surface area contributed by atoms with Gasteiger partial charge in [-0.1, -0.05) is 0 Å². The number of aryl methyl sites for hydroxylation is 1. The largest absolute Gasteiger partial charge is 0.493 e. The summed E-state index contributed by atoms with van der Waals surface area (Å²) in [4.78, 5) is 16.5. The molecule has 10 nitrogen and oxygen atoms in total. The first-order valence-electron chi connectivity index (χ1n) is 11.6. The van der Waals surface area contributed by atoms with Crippen LogP contribution >= 0.6 is 11.8 Å². The molecule has 0 spiro atoms. The summed E-state index contributed by atoms with van der Waals surface area (Å²) in [6.45, 7) is 1.03. The number of aromatic nitrogens is 4. The van der Waals surface area contributed by atoms with E-state index < -0.39 is 0 Å². The molecule has 4 heterocycles. The van der Waals surface area contributed by atoms with E-state index in [1.54, 1.807) is 27.7 Å². The number of hydrogen-bond donors (Lipinski definition) is 2. The lowest BCUT2D eigenvalue weighted by atomic mass is 10.1. The van der Waals surface area contributed by atoms with Crippen molar-refractivity contribution >= 4 is 29.3 Å². The van der Waals surface area contributed by atoms with E-state index >= 15 is 0 Å². The van der Waals surface area contributed by atoms with E-state index in [1.807, 2.05) is 34.7 Å². The second-order valence-electron chi connectivity index (χ2n) is 8.45. The minimum Gasteiger partial charge on any atom is -0.493 e. The van der Waals surface area contributed by atoms with E-state index in [-0.39, 0.29) is 12.6 Å². The quantitative estimate of drug-likeness (QED) is 0.481. The predicted octanol–water partition coefficient (Wildman–Crippen LogP) is 3.18. The molecular weight excluding hydrogens is 468 g/mol. The van der Waals surface area contributed by atoms with Gasteiger partial charge in [0.2, 0.25) is 11.7 Å². The highest BCUT2D eigenvalue weighted by atomic mass is 32.2. The number of ether oxygens (including phenoxy) is 3. The number of hydrogen-bond acceptors (Lipinski definition) is 10. The molecule has 1 fully saturated rings. The Balaban J connectivity index is 1.45. The van der Waals surface area contributed by atoms with Crippen LogP contribution in [0, 0.1) is 0 Å². The lowest BCUT2D eigenvalue weighted by molar-refractivity contribution is 0.266. The number of anilines is 3. The summed E-state index contributed by atoms with van der Waals surface area (Å²) in [5.74, 6) is 5.68. The summed E-state index contributed by atoms with van der Waals surface area (Å²) in [6.07, 6.45) is 6.51. The highest BCUT2D eigenvalue weighted by molar-refractivity contribution is 7.98. The Kier molecular flexibility index (Phi) is 6.87. The number of rotatable bonds is 8. The molecule has 11 heteroatoms. The van der Waals surface area contributed by atoms with Gasteiger partial charge in [-0.2, -0.15) is 16.7 Å². The average Bonchev–Trinajstić information content (AvgIpc) is 3.57. The summed E-state index contributed by atoms with van der Waals surface area (Å²) in [6, 6.07) is 3.83. The number of benzene rings is 1. The van der Waals surface area contributed by atoms with Crippen LogP contribution in [0.2, 0.25) is 0 Å². The van der Waals surface area contributed by atoms with Crippen LogP contribution in [0.25, 0.3) is 5.69 Å². The summed E-state index contributed by atoms with van der Waals surface area (Å²) >= 11 is 1.90. The first-order valence-corrected chi connectivity index (χ1v) is 12.8. The van der Waals surface area contributed by atoms with Gasteiger partial charge in [-0.3, -0.25) is 0 Å². The molecule has 3 aromatic rings. The summed E-state index contributed by atoms with van der Waals surface area (Å²) in [5, 5.41) is 13.2. The fourth-order valence-electron chi connectivity index (χ4n) is 4.67. The average molecular weight is 499 g/mol. The van der Waals surface area contributed by atoms with Gasteiger partial charge in [-0.15, -0.1) is 0 Å². The van der Waals surface area contributed by atoms with Gasteiger partial charge in [0.05, 0.1) is 51.6 Å². The number of nitrogens with one attached hydrogen (secondary N) is 1. The van der Waals surface area contributed by atoms with E-state index in [1.165, 1.54) is 5.56 Å². The third-order valence-electron chi connectivity index (χ3n) is 6.43. The van der Waals surface area contributed by atoms with Crippen molar-refractivity contribution in [2.24, 2.45) is 0 Å². The second-order valence-corrected chi connectivity index (χ2v) is 9.55. The fraction of sp³-hybridized carbons (Fsp3) is 0.458. The lowest BCUT2D eigenvalue weighted by Gasteiger charge is -2.29. The molecule has 2 aliphatic rings. The normalized spacial score (nSPS) is 17.3. The molecular formula is C24H30N6O4S. The van der Waals surface area contributed by atoms with Crippen LogP contribution in [0.15, 0.2) is 24.7 Å². The van der Waals surface area contributed by atoms with Gasteiger partial charge in [0.15, 0.2) is 17.3 Å². The number of nitrogens with zero attached hydrogens (tertiary/aromatic N) is 5. The molecule has 0 radical (unpaired) electrons. The van der Waals surface area contributed by atoms with E-state index in [9.17, 15) is 5.11 Å². The number of thioether (sulfide) groups is 1. The van der Waals surface area contributed by atoms with Gasteiger partial charge in [0.25, 0.3) is 0 Å². The fourth-order valence-corrected chi connectivity index (χ4v) is 5.65. The number of fused-ring (bicyclic) bond motifs is 1. The number of imidazole rings is 1. The van der Waals surface area contributed by atoms with Crippen LogP contribution in [0.1, 0.15) is 24.1 Å². The number of aliphatic hydroxyl groups excluding tert-OH is 1. The van der Waals surface area contributed by atoms with Crippen LogP contribution in [-0.2, 0) is 12.2 Å². The van der Waals surface area contributed by atoms with Crippen LogP contribution < -0.4 is 24.4 Å². The maximum absolute atomic E-state index is 9.88. The number of aliphatic hydroxyl groups is 1. The zero-order valence-electron chi connectivity index (χ0n) is 20.2. The zero-order chi connectivity index (χ0) is 24.4. The Labute approximate surface area is 208 Å². The Hall–Kier alpha value is -3.18. The molecule has 186 valence electrons. The molecule has 1 aromatic carbocycles. The van der Waals surface area contributed by atoms with Crippen LogP contribution in [-0.4, -0.2) is 70.9 Å². The zero-order valence-corrected chi connectivity index (χ0v) is 21.0. The van der Waals surface area contributed by atoms with Crippen molar-refractivity contribution in [3.05, 3.63) is 35.9 Å². The molecule has 0 aliphatic carbocycles. The summed E-state index contributed by atoms with van der Waals surface area (Å²) in [7, 11) is 4.76. The minimum atomic E-state index is 0.105. The van der Waals surface area contributed by atoms with Gasteiger partial charge in [0.1, 0.15) is 12.1 Å². The van der Waals surface area contributed by atoms with Crippen molar-refractivity contribution in [1.82, 2.24) is 19.5 Å². The van der Waals surface area contributed by atoms with Gasteiger partial charge in [-0.25, -0.2) is 9.97 Å². The van der Waals surface area contributed by atoms with Crippen LogP contribution in [0.5, 0.6) is 17.2 Å². The van der Waals surface area contributed by atoms with Gasteiger partial charge in [0, 0.05) is 30.0 Å². The first kappa shape index (κ1) is 23.6. The number of methoxy groups -OCH3 is 3. The Morgan fingerprint density at radius 2 is 1.94 bits per heavy atom. The molecule has 35 heavy (non-hydrogen) atoms. The van der Waals surface area contributed by atoms with Crippen molar-refractivity contribution in [2.45, 2.75) is 31.1 Å². The lowest BCUT2D eigenvalue weighted by Crippen LogP contribution is -2.34. The van der Waals surface area contributed by atoms with Crippen LogP contribution in [0.4, 0.5) is 17.6 Å². The smallest absolute Gasteiger partial charge is 0.230 e. The maximum atomic E-state index is 9.88. The molecule has 1 saturated heterocycles. The molecule has 1 atom stereocenters. The third kappa shape index (κ3) is 4.57. The topological polar surface area (TPSA) is 107 Å². The van der Waals surface area contributed by atoms with E-state index in [2.05, 4.69) is 15.2 Å². The first-order chi connectivity index (χ1) is 17.1. The monoisotopic (exact) mass is 498 g/mol. The molecule has 0 unspecified atom stereocenters. The van der Waals surface area contributed by atoms with Gasteiger partial charge in [-0.05, 0) is 25.0 Å². The SMILES string of the molecule is COc1cc(-n2cnc(Nc3nc4c(c(N5CCC[C@H]5CO)n3)CSCC4)c2)cc(OC)c1OC. The Morgan fingerprint density at radius 1 is 1.14 bits per heavy atom. The van der Waals surface area contributed by atoms with E-state index in [0.29, 0.717) is 29.0 Å². The summed E-state index contributed by atoms with van der Waals surface area (Å²) in [5.41, 5.74) is 3.07. The standard InChI is InChI=1S/C24H30N6O4S/c1-32-19-9-16(10-20(33-2)22(19)34-3)29-11-21(25-14-29)27-24-26-18-6-8-35-13-17(18)23(28-24)30-7-4-5-15(30)12-31/h9-11,14-15,31H,4-8,12-13H2,1-3H3,(H,26,27,28)/t15-/m0/s1. The van der Waals surface area contributed by atoms with Gasteiger partial charge >= 0.3 is 0 Å². The predicted molar refractivity (Wildman–Crippen MR) is 136 cm³/mol. The van der Waals surface area contributed by atoms with Crippen LogP contribution in [0.3, 0.4) is 0 Å². The van der Waals surface area contributed by atoms with Crippen molar-refractivity contribution in [1.29, 1.82) is 0 Å². The minimum absolute atomic E-state index is 0.105. The maximum Gasteiger partial charge on any atom is 0.230 e. The van der Waals surface area contributed by atoms with Crippen molar-refractivity contribution < 1.29 is 19.3 Å². The van der Waals surface area contributed by atoms with Crippen molar-refractivity contribution in [2.75, 3.05) is 50.5 Å². The highest BCUT2D eigenvalue weighted by Gasteiger charge is 2.30. The summed E-state index contributed by atoms with van der Waals surface area (Å²) < 4.78 is 18.2. The van der Waals surface area contributed by atoms with E-state index in [4.69, 9.17) is 24.2 Å². The molecule has 2 aromatic heterocycles. The van der Waals surface area contributed by atoms with Crippen molar-refractivity contribution in [3.8, 4) is 22.9 Å². The molecule has 2 N–H and O–H groups in total. The Bertz CT molecular complexity index is 1180. The van der Waals surface area contributed by atoms with Gasteiger partial charge < -0.3 is 34.1 Å². The highest BCUT2D eigenvalue weighted by Crippen LogP contribution is 2.39. The molecule has 0 amide bonds. The Morgan fingerprint density at radius 3 is 2.66 bits per heavy atom. The van der Waals surface area contributed by atoms with E-state index in [0.717, 1.165) is 54.5 Å². The van der Waals surface area contributed by atoms with Crippen molar-refractivity contribution in [3.63, 3.8) is 0 Å². The molecule has 2 aliphatic heterocycles. The third-order valence-corrected chi connectivity index (χ3v) is 7.42. The molecule has 0 bridgehead atoms. The molecule has 0 saturated carbocycles.